The number of benzene rings is 2. The Balaban J connectivity index is 1.92. The monoisotopic (exact) mass is 399 g/mol. The normalized spacial score (nSPS) is 14.4. The van der Waals surface area contributed by atoms with E-state index in [0.29, 0.717) is 22.0 Å². The zero-order chi connectivity index (χ0) is 19.2. The van der Waals surface area contributed by atoms with Gasteiger partial charge in [-0.15, -0.1) is 0 Å². The molecule has 0 spiro atoms. The second-order valence-corrected chi connectivity index (χ2v) is 7.97. The fourth-order valence-corrected chi connectivity index (χ4v) is 4.19. The van der Waals surface area contributed by atoms with E-state index >= 15 is 0 Å². The molecule has 140 valence electrons. The molecule has 1 heterocycles. The Kier molecular flexibility index (Phi) is 6.75. The molecule has 3 nitrogen and oxygen atoms in total. The summed E-state index contributed by atoms with van der Waals surface area (Å²) < 4.78 is 0. The molecule has 1 aliphatic heterocycles. The number of rotatable bonds is 8. The van der Waals surface area contributed by atoms with Gasteiger partial charge in [0.2, 0.25) is 0 Å². The topological polar surface area (TPSA) is 37.4 Å². The van der Waals surface area contributed by atoms with Crippen LogP contribution in [0.2, 0.25) is 5.02 Å². The number of hydrogen-bond acceptors (Lipinski definition) is 3. The maximum Gasteiger partial charge on any atom is 0.268 e. The van der Waals surface area contributed by atoms with Gasteiger partial charge in [-0.05, 0) is 36.2 Å². The van der Waals surface area contributed by atoms with Crippen LogP contribution in [0.1, 0.15) is 38.2 Å². The Morgan fingerprint density at radius 3 is 2.26 bits per heavy atom. The summed E-state index contributed by atoms with van der Waals surface area (Å²) in [6.07, 6.45) is 4.08. The van der Waals surface area contributed by atoms with Crippen LogP contribution >= 0.6 is 23.4 Å². The van der Waals surface area contributed by atoms with E-state index in [2.05, 4.69) is 6.92 Å². The number of hydrogen-bond donors (Lipinski definition) is 0. The first-order valence-electron chi connectivity index (χ1n) is 9.21. The number of nitrogens with zero attached hydrogens (tertiary/aromatic N) is 1. The molecule has 0 radical (unpaired) electrons. The van der Waals surface area contributed by atoms with E-state index in [1.807, 2.05) is 30.3 Å². The standard InChI is InChI=1S/C22H22ClNO2S/c1-2-3-4-8-15-24-21(25)19(16-11-13-17(23)14-12-16)20(22(24)26)27-18-9-6-5-7-10-18/h5-7,9-14H,2-4,8,15H2,1H3. The average molecular weight is 400 g/mol. The molecule has 0 saturated heterocycles. The third-order valence-corrected chi connectivity index (χ3v) is 5.80. The number of imide groups is 1. The van der Waals surface area contributed by atoms with Crippen molar-refractivity contribution in [2.45, 2.75) is 37.5 Å². The van der Waals surface area contributed by atoms with E-state index in [4.69, 9.17) is 11.6 Å². The molecule has 0 saturated carbocycles. The van der Waals surface area contributed by atoms with Crippen molar-refractivity contribution in [1.29, 1.82) is 0 Å². The van der Waals surface area contributed by atoms with Crippen molar-refractivity contribution >= 4 is 40.8 Å². The van der Waals surface area contributed by atoms with Crippen molar-refractivity contribution in [3.8, 4) is 0 Å². The summed E-state index contributed by atoms with van der Waals surface area (Å²) in [6, 6.07) is 16.8. The highest BCUT2D eigenvalue weighted by atomic mass is 35.5. The summed E-state index contributed by atoms with van der Waals surface area (Å²) in [7, 11) is 0. The lowest BCUT2D eigenvalue weighted by Crippen LogP contribution is -2.32. The minimum atomic E-state index is -0.211. The van der Waals surface area contributed by atoms with E-state index in [1.165, 1.54) is 16.7 Å². The molecule has 0 N–H and O–H groups in total. The largest absolute Gasteiger partial charge is 0.274 e. The van der Waals surface area contributed by atoms with Crippen LogP contribution in [0.25, 0.3) is 5.57 Å². The number of thioether (sulfide) groups is 1. The van der Waals surface area contributed by atoms with Crippen molar-refractivity contribution in [3.05, 3.63) is 70.1 Å². The number of carbonyl (C=O) groups is 2. The maximum absolute atomic E-state index is 13.1. The number of halogens is 1. The lowest BCUT2D eigenvalue weighted by Gasteiger charge is -2.14. The SMILES string of the molecule is CCCCCCN1C(=O)C(Sc2ccccc2)=C(c2ccc(Cl)cc2)C1=O. The first kappa shape index (κ1) is 19.7. The quantitative estimate of drug-likeness (QED) is 0.416. The summed E-state index contributed by atoms with van der Waals surface area (Å²) in [4.78, 5) is 28.9. The van der Waals surface area contributed by atoms with Crippen molar-refractivity contribution < 1.29 is 9.59 Å². The van der Waals surface area contributed by atoms with Gasteiger partial charge in [-0.2, -0.15) is 0 Å². The van der Waals surface area contributed by atoms with Crippen LogP contribution in [-0.4, -0.2) is 23.3 Å². The van der Waals surface area contributed by atoms with Gasteiger partial charge in [-0.3, -0.25) is 14.5 Å². The van der Waals surface area contributed by atoms with Crippen molar-refractivity contribution in [2.75, 3.05) is 6.54 Å². The third-order valence-electron chi connectivity index (χ3n) is 4.46. The van der Waals surface area contributed by atoms with Gasteiger partial charge >= 0.3 is 0 Å². The summed E-state index contributed by atoms with van der Waals surface area (Å²) in [5, 5.41) is 0.602. The summed E-state index contributed by atoms with van der Waals surface area (Å²) in [5.74, 6) is -0.410. The van der Waals surface area contributed by atoms with Gasteiger partial charge in [0.25, 0.3) is 11.8 Å². The predicted octanol–water partition coefficient (Wildman–Crippen LogP) is 5.79. The third kappa shape index (κ3) is 4.63. The number of unbranched alkanes of at least 4 members (excludes halogenated alkanes) is 3. The lowest BCUT2D eigenvalue weighted by atomic mass is 10.1. The van der Waals surface area contributed by atoms with E-state index in [0.717, 1.165) is 36.1 Å². The van der Waals surface area contributed by atoms with Crippen LogP contribution in [-0.2, 0) is 9.59 Å². The summed E-state index contributed by atoms with van der Waals surface area (Å²) >= 11 is 7.35. The average Bonchev–Trinajstić information content (AvgIpc) is 2.91. The highest BCUT2D eigenvalue weighted by Crippen LogP contribution is 2.39. The Morgan fingerprint density at radius 1 is 0.889 bits per heavy atom. The highest BCUT2D eigenvalue weighted by Gasteiger charge is 2.38. The zero-order valence-electron chi connectivity index (χ0n) is 15.3. The molecule has 1 aliphatic rings. The molecular weight excluding hydrogens is 378 g/mol. The molecule has 0 aliphatic carbocycles. The number of amides is 2. The molecule has 0 bridgehead atoms. The Morgan fingerprint density at radius 2 is 1.59 bits per heavy atom. The maximum atomic E-state index is 13.1. The van der Waals surface area contributed by atoms with Crippen LogP contribution < -0.4 is 0 Å². The first-order chi connectivity index (χ1) is 13.1. The van der Waals surface area contributed by atoms with Gasteiger partial charge in [0.05, 0.1) is 10.5 Å². The molecule has 5 heteroatoms. The Hall–Kier alpha value is -2.04. The van der Waals surface area contributed by atoms with Gasteiger partial charge in [0.15, 0.2) is 0 Å². The van der Waals surface area contributed by atoms with Crippen LogP contribution in [0.4, 0.5) is 0 Å². The van der Waals surface area contributed by atoms with Gasteiger partial charge in [0.1, 0.15) is 0 Å². The van der Waals surface area contributed by atoms with E-state index in [9.17, 15) is 9.59 Å². The van der Waals surface area contributed by atoms with E-state index in [1.54, 1.807) is 24.3 Å². The summed E-state index contributed by atoms with van der Waals surface area (Å²) in [6.45, 7) is 2.61. The van der Waals surface area contributed by atoms with Crippen molar-refractivity contribution in [3.63, 3.8) is 0 Å². The second-order valence-electron chi connectivity index (χ2n) is 6.45. The van der Waals surface area contributed by atoms with E-state index < -0.39 is 0 Å². The molecule has 0 atom stereocenters. The summed E-state index contributed by atoms with van der Waals surface area (Å²) in [5.41, 5.74) is 1.20. The molecule has 27 heavy (non-hydrogen) atoms. The minimum Gasteiger partial charge on any atom is -0.274 e. The van der Waals surface area contributed by atoms with Gasteiger partial charge < -0.3 is 0 Å². The van der Waals surface area contributed by atoms with E-state index in [-0.39, 0.29) is 11.8 Å². The predicted molar refractivity (Wildman–Crippen MR) is 112 cm³/mol. The van der Waals surface area contributed by atoms with Gasteiger partial charge in [0, 0.05) is 16.5 Å². The minimum absolute atomic E-state index is 0.199. The smallest absolute Gasteiger partial charge is 0.268 e. The van der Waals surface area contributed by atoms with Crippen molar-refractivity contribution in [2.24, 2.45) is 0 Å². The highest BCUT2D eigenvalue weighted by molar-refractivity contribution is 8.04. The molecule has 3 rings (SSSR count). The molecule has 0 fully saturated rings. The van der Waals surface area contributed by atoms with Gasteiger partial charge in [-0.1, -0.05) is 79.9 Å². The Labute approximate surface area is 169 Å². The first-order valence-corrected chi connectivity index (χ1v) is 10.4. The molecular formula is C22H22ClNO2S. The fraction of sp³-hybridized carbons (Fsp3) is 0.273. The second kappa shape index (κ2) is 9.25. The molecule has 2 aromatic rings. The molecule has 0 unspecified atom stereocenters. The fourth-order valence-electron chi connectivity index (χ4n) is 3.03. The molecule has 2 aromatic carbocycles. The molecule has 0 aromatic heterocycles. The van der Waals surface area contributed by atoms with Crippen LogP contribution in [0.5, 0.6) is 0 Å². The zero-order valence-corrected chi connectivity index (χ0v) is 16.9. The Bertz CT molecular complexity index is 846. The van der Waals surface area contributed by atoms with Crippen LogP contribution in [0, 0.1) is 0 Å². The van der Waals surface area contributed by atoms with Crippen molar-refractivity contribution in [1.82, 2.24) is 4.90 Å². The number of carbonyl (C=O) groups excluding carboxylic acids is 2. The lowest BCUT2D eigenvalue weighted by molar-refractivity contribution is -0.136. The van der Waals surface area contributed by atoms with Crippen LogP contribution in [0.15, 0.2) is 64.4 Å². The van der Waals surface area contributed by atoms with Crippen LogP contribution in [0.3, 0.4) is 0 Å². The van der Waals surface area contributed by atoms with Gasteiger partial charge in [-0.25, -0.2) is 0 Å². The molecule has 2 amide bonds.